The van der Waals surface area contributed by atoms with Crippen LogP contribution in [0.25, 0.3) is 0 Å². The van der Waals surface area contributed by atoms with E-state index in [4.69, 9.17) is 0 Å². The third-order valence-electron chi connectivity index (χ3n) is 5.87. The lowest BCUT2D eigenvalue weighted by molar-refractivity contribution is -0.0450. The molecule has 3 saturated carbocycles. The summed E-state index contributed by atoms with van der Waals surface area (Å²) in [6, 6.07) is 4.10. The summed E-state index contributed by atoms with van der Waals surface area (Å²) < 4.78 is 0. The van der Waals surface area contributed by atoms with Crippen LogP contribution in [0.5, 0.6) is 0 Å². The van der Waals surface area contributed by atoms with Crippen molar-refractivity contribution in [2.45, 2.75) is 44.1 Å². The van der Waals surface area contributed by atoms with E-state index in [2.05, 4.69) is 17.1 Å². The Balaban J connectivity index is 1.58. The SMILES string of the molecule is OC1(Cc2ccncc2)CC2CC1C1CCCC21. The number of hydrogen-bond donors (Lipinski definition) is 1. The number of fused-ring (bicyclic) bond motifs is 5. The number of nitrogens with zero attached hydrogens (tertiary/aromatic N) is 1. The molecule has 18 heavy (non-hydrogen) atoms. The van der Waals surface area contributed by atoms with Gasteiger partial charge in [0.2, 0.25) is 0 Å². The van der Waals surface area contributed by atoms with Crippen LogP contribution < -0.4 is 0 Å². The highest BCUT2D eigenvalue weighted by Gasteiger charge is 2.59. The van der Waals surface area contributed by atoms with Gasteiger partial charge < -0.3 is 5.11 Å². The van der Waals surface area contributed by atoms with Crippen LogP contribution in [0, 0.1) is 23.7 Å². The minimum atomic E-state index is -0.419. The molecule has 0 amide bonds. The highest BCUT2D eigenvalue weighted by molar-refractivity contribution is 5.18. The summed E-state index contributed by atoms with van der Waals surface area (Å²) in [4.78, 5) is 4.06. The normalized spacial score (nSPS) is 45.4. The lowest BCUT2D eigenvalue weighted by Gasteiger charge is -2.39. The molecule has 0 aliphatic heterocycles. The second-order valence-corrected chi connectivity index (χ2v) is 6.70. The first-order valence-electron chi connectivity index (χ1n) is 7.37. The Labute approximate surface area is 108 Å². The van der Waals surface area contributed by atoms with Gasteiger partial charge in [0.25, 0.3) is 0 Å². The Hall–Kier alpha value is -0.890. The Morgan fingerprint density at radius 3 is 2.83 bits per heavy atom. The van der Waals surface area contributed by atoms with Crippen molar-refractivity contribution in [1.29, 1.82) is 0 Å². The van der Waals surface area contributed by atoms with E-state index in [1.807, 2.05) is 12.4 Å². The highest BCUT2D eigenvalue weighted by atomic mass is 16.3. The standard InChI is InChI=1S/C16H21NO/c18-16(9-11-4-6-17-7-5-11)10-12-8-15(16)14-3-1-2-13(12)14/h4-7,12-15,18H,1-3,8-10H2. The maximum Gasteiger partial charge on any atom is 0.0721 e. The average molecular weight is 243 g/mol. The second-order valence-electron chi connectivity index (χ2n) is 6.70. The predicted molar refractivity (Wildman–Crippen MR) is 69.9 cm³/mol. The smallest absolute Gasteiger partial charge is 0.0721 e. The summed E-state index contributed by atoms with van der Waals surface area (Å²) in [5, 5.41) is 11.1. The number of hydrogen-bond acceptors (Lipinski definition) is 2. The third kappa shape index (κ3) is 1.48. The van der Waals surface area contributed by atoms with Gasteiger partial charge in [0.05, 0.1) is 5.60 Å². The molecule has 3 fully saturated rings. The molecule has 0 aromatic carbocycles. The van der Waals surface area contributed by atoms with Crippen LogP contribution >= 0.6 is 0 Å². The van der Waals surface area contributed by atoms with Crippen LogP contribution in [0.4, 0.5) is 0 Å². The van der Waals surface area contributed by atoms with Gasteiger partial charge in [-0.2, -0.15) is 0 Å². The molecule has 2 nitrogen and oxygen atoms in total. The summed E-state index contributed by atoms with van der Waals surface area (Å²) in [5.41, 5.74) is 0.826. The van der Waals surface area contributed by atoms with Crippen molar-refractivity contribution < 1.29 is 5.11 Å². The number of rotatable bonds is 2. The molecule has 3 aliphatic rings. The summed E-state index contributed by atoms with van der Waals surface area (Å²) in [6.45, 7) is 0. The van der Waals surface area contributed by atoms with Crippen molar-refractivity contribution in [3.63, 3.8) is 0 Å². The lowest BCUT2D eigenvalue weighted by atomic mass is 9.71. The maximum atomic E-state index is 11.1. The predicted octanol–water partition coefficient (Wildman–Crippen LogP) is 2.81. The third-order valence-corrected chi connectivity index (χ3v) is 5.87. The largest absolute Gasteiger partial charge is 0.389 e. The number of aromatic nitrogens is 1. The molecule has 0 saturated heterocycles. The molecular formula is C16H21NO. The molecule has 5 unspecified atom stereocenters. The molecule has 0 spiro atoms. The van der Waals surface area contributed by atoms with Crippen LogP contribution in [0.2, 0.25) is 0 Å². The van der Waals surface area contributed by atoms with Crippen LogP contribution in [0.15, 0.2) is 24.5 Å². The van der Waals surface area contributed by atoms with Gasteiger partial charge >= 0.3 is 0 Å². The molecule has 96 valence electrons. The fourth-order valence-electron chi connectivity index (χ4n) is 5.29. The van der Waals surface area contributed by atoms with E-state index in [0.29, 0.717) is 5.92 Å². The highest BCUT2D eigenvalue weighted by Crippen LogP contribution is 2.62. The van der Waals surface area contributed by atoms with Crippen molar-refractivity contribution in [2.24, 2.45) is 23.7 Å². The zero-order valence-corrected chi connectivity index (χ0v) is 10.8. The van der Waals surface area contributed by atoms with Gasteiger partial charge in [-0.25, -0.2) is 0 Å². The molecule has 5 atom stereocenters. The summed E-state index contributed by atoms with van der Waals surface area (Å²) in [6.07, 6.45) is 11.0. The second kappa shape index (κ2) is 3.80. The van der Waals surface area contributed by atoms with Crippen LogP contribution in [-0.4, -0.2) is 15.7 Å². The van der Waals surface area contributed by atoms with E-state index >= 15 is 0 Å². The molecule has 0 radical (unpaired) electrons. The van der Waals surface area contributed by atoms with E-state index in [1.165, 1.54) is 31.2 Å². The van der Waals surface area contributed by atoms with Gasteiger partial charge in [0.15, 0.2) is 0 Å². The fraction of sp³-hybridized carbons (Fsp3) is 0.688. The van der Waals surface area contributed by atoms with Gasteiger partial charge in [-0.1, -0.05) is 6.42 Å². The molecule has 3 aliphatic carbocycles. The van der Waals surface area contributed by atoms with Crippen molar-refractivity contribution >= 4 is 0 Å². The zero-order valence-electron chi connectivity index (χ0n) is 10.8. The Bertz CT molecular complexity index is 446. The fourth-order valence-corrected chi connectivity index (χ4v) is 5.29. The topological polar surface area (TPSA) is 33.1 Å². The molecule has 1 aromatic rings. The van der Waals surface area contributed by atoms with E-state index < -0.39 is 5.60 Å². The van der Waals surface area contributed by atoms with Gasteiger partial charge in [-0.15, -0.1) is 0 Å². The molecule has 1 N–H and O–H groups in total. The van der Waals surface area contributed by atoms with E-state index in [9.17, 15) is 5.11 Å². The molecular weight excluding hydrogens is 222 g/mol. The molecule has 2 bridgehead atoms. The maximum absolute atomic E-state index is 11.1. The summed E-state index contributed by atoms with van der Waals surface area (Å²) >= 11 is 0. The van der Waals surface area contributed by atoms with Crippen molar-refractivity contribution in [3.8, 4) is 0 Å². The number of aliphatic hydroxyl groups is 1. The van der Waals surface area contributed by atoms with Crippen molar-refractivity contribution in [1.82, 2.24) is 4.98 Å². The Morgan fingerprint density at radius 2 is 2.00 bits per heavy atom. The van der Waals surface area contributed by atoms with E-state index in [1.54, 1.807) is 0 Å². The quantitative estimate of drug-likeness (QED) is 0.866. The van der Waals surface area contributed by atoms with Crippen molar-refractivity contribution in [3.05, 3.63) is 30.1 Å². The zero-order chi connectivity index (χ0) is 12.2. The lowest BCUT2D eigenvalue weighted by Crippen LogP contribution is -2.43. The monoisotopic (exact) mass is 243 g/mol. The van der Waals surface area contributed by atoms with Crippen LogP contribution in [0.3, 0.4) is 0 Å². The Morgan fingerprint density at radius 1 is 1.22 bits per heavy atom. The first kappa shape index (κ1) is 11.0. The van der Waals surface area contributed by atoms with Crippen LogP contribution in [-0.2, 0) is 6.42 Å². The molecule has 2 heteroatoms. The summed E-state index contributed by atoms with van der Waals surface area (Å²) in [7, 11) is 0. The van der Waals surface area contributed by atoms with E-state index in [0.717, 1.165) is 30.6 Å². The van der Waals surface area contributed by atoms with Crippen molar-refractivity contribution in [2.75, 3.05) is 0 Å². The average Bonchev–Trinajstić information content (AvgIpc) is 3.00. The van der Waals surface area contributed by atoms with Crippen LogP contribution in [0.1, 0.15) is 37.7 Å². The molecule has 4 rings (SSSR count). The molecule has 1 heterocycles. The minimum Gasteiger partial charge on any atom is -0.389 e. The molecule has 1 aromatic heterocycles. The van der Waals surface area contributed by atoms with Gasteiger partial charge in [0, 0.05) is 18.8 Å². The minimum absolute atomic E-state index is 0.419. The number of pyridine rings is 1. The Kier molecular flexibility index (Phi) is 2.32. The first-order chi connectivity index (χ1) is 8.76. The van der Waals surface area contributed by atoms with Gasteiger partial charge in [-0.05, 0) is 67.1 Å². The van der Waals surface area contributed by atoms with Gasteiger partial charge in [-0.3, -0.25) is 4.98 Å². The first-order valence-corrected chi connectivity index (χ1v) is 7.37. The van der Waals surface area contributed by atoms with Gasteiger partial charge in [0.1, 0.15) is 0 Å². The van der Waals surface area contributed by atoms with E-state index in [-0.39, 0.29) is 0 Å². The summed E-state index contributed by atoms with van der Waals surface area (Å²) in [5.74, 6) is 3.17.